The SMILES string of the molecule is CC[C@H](C)[C@H](C(=O)O)[C@@H](O)C(=O)N[C@H](C(=O)N[C@H](C(=O)OCc1ccccc1)C(C)C)C(C)C. The Hall–Kier alpha value is -2.94. The molecule has 0 unspecified atom stereocenters. The zero-order valence-electron chi connectivity index (χ0n) is 20.8. The number of hydrogen-bond acceptors (Lipinski definition) is 6. The normalized spacial score (nSPS) is 15.7. The van der Waals surface area contributed by atoms with Gasteiger partial charge in [-0.3, -0.25) is 14.4 Å². The van der Waals surface area contributed by atoms with Crippen LogP contribution in [0.4, 0.5) is 0 Å². The van der Waals surface area contributed by atoms with Crippen molar-refractivity contribution in [3.8, 4) is 0 Å². The van der Waals surface area contributed by atoms with Gasteiger partial charge in [-0.2, -0.15) is 0 Å². The zero-order valence-corrected chi connectivity index (χ0v) is 20.8. The lowest BCUT2D eigenvalue weighted by molar-refractivity contribution is -0.155. The Morgan fingerprint density at radius 1 is 0.882 bits per heavy atom. The number of aliphatic carboxylic acids is 1. The largest absolute Gasteiger partial charge is 0.481 e. The van der Waals surface area contributed by atoms with Crippen molar-refractivity contribution in [2.24, 2.45) is 23.7 Å². The third-order valence-corrected chi connectivity index (χ3v) is 5.84. The van der Waals surface area contributed by atoms with Crippen LogP contribution in [0.25, 0.3) is 0 Å². The van der Waals surface area contributed by atoms with Gasteiger partial charge in [-0.25, -0.2) is 4.79 Å². The first-order valence-electron chi connectivity index (χ1n) is 11.6. The number of carbonyl (C=O) groups excluding carboxylic acids is 3. The third-order valence-electron chi connectivity index (χ3n) is 5.84. The van der Waals surface area contributed by atoms with Crippen LogP contribution < -0.4 is 10.6 Å². The van der Waals surface area contributed by atoms with Crippen molar-refractivity contribution in [1.29, 1.82) is 0 Å². The number of aliphatic hydroxyl groups excluding tert-OH is 1. The second kappa shape index (κ2) is 13.7. The smallest absolute Gasteiger partial charge is 0.329 e. The third kappa shape index (κ3) is 8.44. The van der Waals surface area contributed by atoms with Crippen LogP contribution in [0.5, 0.6) is 0 Å². The van der Waals surface area contributed by atoms with Gasteiger partial charge in [-0.05, 0) is 23.3 Å². The lowest BCUT2D eigenvalue weighted by Gasteiger charge is -2.29. The van der Waals surface area contributed by atoms with Crippen LogP contribution in [-0.2, 0) is 30.5 Å². The summed E-state index contributed by atoms with van der Waals surface area (Å²) in [4.78, 5) is 49.9. The predicted octanol–water partition coefficient (Wildman–Crippen LogP) is 2.12. The fourth-order valence-electron chi connectivity index (χ4n) is 3.44. The van der Waals surface area contributed by atoms with Gasteiger partial charge >= 0.3 is 11.9 Å². The van der Waals surface area contributed by atoms with E-state index in [0.717, 1.165) is 5.56 Å². The van der Waals surface area contributed by atoms with Gasteiger partial charge < -0.3 is 25.6 Å². The first-order valence-corrected chi connectivity index (χ1v) is 11.6. The van der Waals surface area contributed by atoms with Crippen LogP contribution in [0.3, 0.4) is 0 Å². The second-order valence-corrected chi connectivity index (χ2v) is 9.25. The van der Waals surface area contributed by atoms with Crippen molar-refractivity contribution in [2.45, 2.75) is 72.8 Å². The van der Waals surface area contributed by atoms with Crippen molar-refractivity contribution in [1.82, 2.24) is 10.6 Å². The predicted molar refractivity (Wildman–Crippen MR) is 126 cm³/mol. The fourth-order valence-corrected chi connectivity index (χ4v) is 3.44. The molecule has 190 valence electrons. The summed E-state index contributed by atoms with van der Waals surface area (Å²) in [6.07, 6.45) is -1.37. The van der Waals surface area contributed by atoms with E-state index in [-0.39, 0.29) is 12.5 Å². The van der Waals surface area contributed by atoms with Crippen molar-refractivity contribution < 1.29 is 34.1 Å². The minimum atomic E-state index is -1.82. The van der Waals surface area contributed by atoms with E-state index < -0.39 is 59.7 Å². The van der Waals surface area contributed by atoms with Gasteiger partial charge in [-0.15, -0.1) is 0 Å². The molecule has 0 aliphatic heterocycles. The number of amides is 2. The molecule has 0 bridgehead atoms. The average Bonchev–Trinajstić information content (AvgIpc) is 2.78. The maximum Gasteiger partial charge on any atom is 0.329 e. The number of carboxylic acids is 1. The highest BCUT2D eigenvalue weighted by Gasteiger charge is 2.38. The Kier molecular flexibility index (Phi) is 11.7. The van der Waals surface area contributed by atoms with E-state index in [4.69, 9.17) is 4.74 Å². The number of hydrogen-bond donors (Lipinski definition) is 4. The molecule has 0 aromatic heterocycles. The molecular weight excluding hydrogens is 440 g/mol. The summed E-state index contributed by atoms with van der Waals surface area (Å²) in [6, 6.07) is 7.09. The topological polar surface area (TPSA) is 142 Å². The van der Waals surface area contributed by atoms with Crippen LogP contribution in [0.1, 0.15) is 53.5 Å². The summed E-state index contributed by atoms with van der Waals surface area (Å²) in [5.41, 5.74) is 0.806. The number of nitrogens with one attached hydrogen (secondary N) is 2. The molecule has 4 N–H and O–H groups in total. The number of aliphatic hydroxyl groups is 1. The maximum atomic E-state index is 13.0. The van der Waals surface area contributed by atoms with Crippen LogP contribution in [0.15, 0.2) is 30.3 Å². The highest BCUT2D eigenvalue weighted by atomic mass is 16.5. The van der Waals surface area contributed by atoms with Crippen molar-refractivity contribution in [2.75, 3.05) is 0 Å². The van der Waals surface area contributed by atoms with E-state index in [1.54, 1.807) is 41.5 Å². The molecule has 9 nitrogen and oxygen atoms in total. The lowest BCUT2D eigenvalue weighted by Crippen LogP contribution is -2.57. The summed E-state index contributed by atoms with van der Waals surface area (Å²) in [5, 5.41) is 24.9. The Labute approximate surface area is 201 Å². The molecule has 0 radical (unpaired) electrons. The molecule has 0 aliphatic carbocycles. The summed E-state index contributed by atoms with van der Waals surface area (Å²) in [7, 11) is 0. The maximum absolute atomic E-state index is 13.0. The van der Waals surface area contributed by atoms with E-state index in [1.165, 1.54) is 0 Å². The van der Waals surface area contributed by atoms with Gasteiger partial charge in [0.15, 0.2) is 0 Å². The minimum Gasteiger partial charge on any atom is -0.481 e. The van der Waals surface area contributed by atoms with Crippen LogP contribution in [0.2, 0.25) is 0 Å². The summed E-state index contributed by atoms with van der Waals surface area (Å²) in [6.45, 7) is 10.4. The molecule has 0 aliphatic rings. The summed E-state index contributed by atoms with van der Waals surface area (Å²) < 4.78 is 5.36. The van der Waals surface area contributed by atoms with E-state index in [0.29, 0.717) is 6.42 Å². The first kappa shape index (κ1) is 29.1. The lowest BCUT2D eigenvalue weighted by atomic mass is 9.86. The second-order valence-electron chi connectivity index (χ2n) is 9.25. The molecule has 1 rings (SSSR count). The molecule has 34 heavy (non-hydrogen) atoms. The van der Waals surface area contributed by atoms with Gasteiger partial charge in [0.05, 0.1) is 5.92 Å². The highest BCUT2D eigenvalue weighted by molar-refractivity contribution is 5.93. The van der Waals surface area contributed by atoms with Gasteiger partial charge in [0.25, 0.3) is 0 Å². The zero-order chi connectivity index (χ0) is 26.0. The van der Waals surface area contributed by atoms with E-state index in [2.05, 4.69) is 10.6 Å². The summed E-state index contributed by atoms with van der Waals surface area (Å²) >= 11 is 0. The molecule has 1 aromatic rings. The van der Waals surface area contributed by atoms with E-state index in [1.807, 2.05) is 30.3 Å². The molecule has 2 amide bonds. The van der Waals surface area contributed by atoms with Gasteiger partial charge in [-0.1, -0.05) is 78.3 Å². The van der Waals surface area contributed by atoms with E-state index >= 15 is 0 Å². The average molecular weight is 479 g/mol. The molecule has 0 saturated carbocycles. The Morgan fingerprint density at radius 3 is 1.88 bits per heavy atom. The molecule has 9 heteroatoms. The Morgan fingerprint density at radius 2 is 1.41 bits per heavy atom. The van der Waals surface area contributed by atoms with Crippen molar-refractivity contribution in [3.63, 3.8) is 0 Å². The monoisotopic (exact) mass is 478 g/mol. The summed E-state index contributed by atoms with van der Waals surface area (Å²) in [5.74, 6) is -5.91. The Bertz CT molecular complexity index is 826. The fraction of sp³-hybridized carbons (Fsp3) is 0.600. The van der Waals surface area contributed by atoms with Crippen LogP contribution in [0, 0.1) is 23.7 Å². The minimum absolute atomic E-state index is 0.0570. The van der Waals surface area contributed by atoms with Crippen LogP contribution in [-0.4, -0.2) is 52.2 Å². The molecule has 0 spiro atoms. The number of carbonyl (C=O) groups is 4. The Balaban J connectivity index is 2.90. The number of rotatable bonds is 13. The number of benzene rings is 1. The first-order chi connectivity index (χ1) is 15.9. The standard InChI is InChI=1S/C25H38N2O7/c1-7-16(6)18(24(31)32)21(28)23(30)26-19(14(2)3)22(29)27-20(15(4)5)25(33)34-13-17-11-9-8-10-12-17/h8-12,14-16,18-21,28H,7,13H2,1-6H3,(H,26,30)(H,27,29)(H,31,32)/t16-,18-,19-,20-,21+/m0/s1. The highest BCUT2D eigenvalue weighted by Crippen LogP contribution is 2.20. The quantitative estimate of drug-likeness (QED) is 0.318. The molecule has 0 saturated heterocycles. The molecule has 0 fully saturated rings. The van der Waals surface area contributed by atoms with E-state index in [9.17, 15) is 29.4 Å². The van der Waals surface area contributed by atoms with Crippen LogP contribution >= 0.6 is 0 Å². The van der Waals surface area contributed by atoms with Crippen molar-refractivity contribution in [3.05, 3.63) is 35.9 Å². The van der Waals surface area contributed by atoms with Gasteiger partial charge in [0.1, 0.15) is 24.8 Å². The number of ether oxygens (including phenoxy) is 1. The number of esters is 1. The van der Waals surface area contributed by atoms with Gasteiger partial charge in [0.2, 0.25) is 11.8 Å². The molecule has 5 atom stereocenters. The van der Waals surface area contributed by atoms with Gasteiger partial charge in [0, 0.05) is 0 Å². The van der Waals surface area contributed by atoms with Crippen molar-refractivity contribution >= 4 is 23.8 Å². The molecule has 1 aromatic carbocycles. The molecule has 0 heterocycles. The number of carboxylic acid groups (broad SMARTS) is 1. The molecular formula is C25H38N2O7.